The van der Waals surface area contributed by atoms with Gasteiger partial charge in [-0.3, -0.25) is 9.59 Å². The predicted octanol–water partition coefficient (Wildman–Crippen LogP) is 2.93. The second-order valence-electron chi connectivity index (χ2n) is 11.1. The Labute approximate surface area is 213 Å². The maximum atomic E-state index is 13.6. The first-order chi connectivity index (χ1) is 16.3. The van der Waals surface area contributed by atoms with Crippen LogP contribution in [0.3, 0.4) is 0 Å². The largest absolute Gasteiger partial charge is 0.384 e. The Bertz CT molecular complexity index is 949. The Morgan fingerprint density at radius 1 is 1.11 bits per heavy atom. The summed E-state index contributed by atoms with van der Waals surface area (Å²) in [6.07, 6.45) is 0.964. The molecule has 1 aromatic rings. The fraction of sp³-hybridized carbons (Fsp3) is 0.654. The molecule has 35 heavy (non-hydrogen) atoms. The smallest absolute Gasteiger partial charge is 0.319 e. The summed E-state index contributed by atoms with van der Waals surface area (Å²) in [6.45, 7) is 9.37. The normalized spacial score (nSPS) is 24.9. The van der Waals surface area contributed by atoms with Crippen molar-refractivity contribution in [2.75, 3.05) is 40.3 Å². The van der Waals surface area contributed by atoms with Gasteiger partial charge >= 0.3 is 6.03 Å². The Morgan fingerprint density at radius 2 is 1.74 bits per heavy atom. The van der Waals surface area contributed by atoms with Crippen molar-refractivity contribution < 1.29 is 19.5 Å². The van der Waals surface area contributed by atoms with Crippen molar-refractivity contribution in [3.05, 3.63) is 34.9 Å². The van der Waals surface area contributed by atoms with E-state index < -0.39 is 17.1 Å². The number of nitrogens with one attached hydrogen (secondary N) is 1. The number of carbonyl (C=O) groups excluding carboxylic acids is 3. The molecule has 0 unspecified atom stereocenters. The molecule has 2 aliphatic rings. The van der Waals surface area contributed by atoms with E-state index in [1.54, 1.807) is 36.0 Å². The summed E-state index contributed by atoms with van der Waals surface area (Å²) >= 11 is 6.03. The van der Waals surface area contributed by atoms with Crippen LogP contribution in [0.15, 0.2) is 24.3 Å². The highest BCUT2D eigenvalue weighted by Crippen LogP contribution is 2.46. The molecule has 2 fully saturated rings. The van der Waals surface area contributed by atoms with Crippen LogP contribution in [0.1, 0.15) is 46.1 Å². The minimum absolute atomic E-state index is 0.104. The van der Waals surface area contributed by atoms with E-state index in [-0.39, 0.29) is 29.7 Å². The van der Waals surface area contributed by atoms with E-state index in [0.717, 1.165) is 5.56 Å². The standard InChI is InChI=1S/C26H39ClN4O4/c1-17(2)21(28-22(32)18-11-13-30(15-18)24(34)29(5)6)23(33)31-14-12-26(35,25(3,4)16-31)19-7-9-20(27)10-8-19/h7-10,17-18,21,35H,11-16H2,1-6H3,(H,28,32)/t18-,21-,26+/m1/s1. The summed E-state index contributed by atoms with van der Waals surface area (Å²) in [5.41, 5.74) is -0.929. The quantitative estimate of drug-likeness (QED) is 0.642. The van der Waals surface area contributed by atoms with Gasteiger partial charge in [0.25, 0.3) is 0 Å². The van der Waals surface area contributed by atoms with Crippen molar-refractivity contribution in [2.24, 2.45) is 17.3 Å². The molecule has 194 valence electrons. The molecule has 1 aromatic carbocycles. The molecule has 8 nitrogen and oxygen atoms in total. The molecule has 3 atom stereocenters. The lowest BCUT2D eigenvalue weighted by atomic mass is 9.66. The molecule has 0 bridgehead atoms. The molecular weight excluding hydrogens is 468 g/mol. The number of rotatable bonds is 5. The summed E-state index contributed by atoms with van der Waals surface area (Å²) in [4.78, 5) is 43.8. The molecule has 2 N–H and O–H groups in total. The number of amides is 4. The minimum atomic E-state index is -1.10. The number of hydrogen-bond donors (Lipinski definition) is 2. The fourth-order valence-corrected chi connectivity index (χ4v) is 5.31. The van der Waals surface area contributed by atoms with Gasteiger partial charge < -0.3 is 25.1 Å². The van der Waals surface area contributed by atoms with Gasteiger partial charge in [0.05, 0.1) is 11.5 Å². The van der Waals surface area contributed by atoms with E-state index in [9.17, 15) is 19.5 Å². The van der Waals surface area contributed by atoms with Crippen molar-refractivity contribution in [1.29, 1.82) is 0 Å². The van der Waals surface area contributed by atoms with Gasteiger partial charge in [0.1, 0.15) is 6.04 Å². The summed E-state index contributed by atoms with van der Waals surface area (Å²) in [7, 11) is 3.38. The van der Waals surface area contributed by atoms with Crippen molar-refractivity contribution in [3.63, 3.8) is 0 Å². The summed E-state index contributed by atoms with van der Waals surface area (Å²) in [6, 6.07) is 6.43. The average Bonchev–Trinajstić information content (AvgIpc) is 3.28. The first-order valence-corrected chi connectivity index (χ1v) is 12.7. The van der Waals surface area contributed by atoms with Crippen LogP contribution >= 0.6 is 11.6 Å². The first-order valence-electron chi connectivity index (χ1n) is 12.3. The van der Waals surface area contributed by atoms with Gasteiger partial charge in [-0.05, 0) is 36.5 Å². The molecule has 0 spiro atoms. The molecule has 4 amide bonds. The minimum Gasteiger partial charge on any atom is -0.384 e. The van der Waals surface area contributed by atoms with Crippen LogP contribution in [-0.4, -0.2) is 84.0 Å². The third-order valence-corrected chi connectivity index (χ3v) is 7.78. The zero-order valence-electron chi connectivity index (χ0n) is 21.7. The van der Waals surface area contributed by atoms with Gasteiger partial charge in [0, 0.05) is 50.7 Å². The van der Waals surface area contributed by atoms with Gasteiger partial charge in [-0.25, -0.2) is 4.79 Å². The maximum Gasteiger partial charge on any atom is 0.319 e. The van der Waals surface area contributed by atoms with Crippen LogP contribution < -0.4 is 5.32 Å². The molecule has 0 saturated carbocycles. The number of likely N-dealkylation sites (tertiary alicyclic amines) is 2. The number of aliphatic hydroxyl groups is 1. The molecule has 2 aliphatic heterocycles. The van der Waals surface area contributed by atoms with E-state index in [0.29, 0.717) is 44.0 Å². The highest BCUT2D eigenvalue weighted by atomic mass is 35.5. The molecule has 0 aliphatic carbocycles. The molecule has 2 saturated heterocycles. The predicted molar refractivity (Wildman–Crippen MR) is 136 cm³/mol. The van der Waals surface area contributed by atoms with Crippen LogP contribution in [0, 0.1) is 17.3 Å². The number of urea groups is 1. The summed E-state index contributed by atoms with van der Waals surface area (Å²) < 4.78 is 0. The van der Waals surface area contributed by atoms with E-state index in [2.05, 4.69) is 5.32 Å². The lowest BCUT2D eigenvalue weighted by Gasteiger charge is -2.51. The van der Waals surface area contributed by atoms with Gasteiger partial charge in [-0.15, -0.1) is 0 Å². The first kappa shape index (κ1) is 27.3. The van der Waals surface area contributed by atoms with Crippen molar-refractivity contribution in [1.82, 2.24) is 20.0 Å². The van der Waals surface area contributed by atoms with Gasteiger partial charge in [0.2, 0.25) is 11.8 Å². The van der Waals surface area contributed by atoms with Crippen molar-refractivity contribution >= 4 is 29.4 Å². The molecular formula is C26H39ClN4O4. The third kappa shape index (κ3) is 5.59. The van der Waals surface area contributed by atoms with Gasteiger partial charge in [0.15, 0.2) is 0 Å². The van der Waals surface area contributed by atoms with Crippen LogP contribution in [0.5, 0.6) is 0 Å². The molecule has 2 heterocycles. The lowest BCUT2D eigenvalue weighted by molar-refractivity contribution is -0.157. The van der Waals surface area contributed by atoms with Gasteiger partial charge in [-0.2, -0.15) is 0 Å². The zero-order chi connectivity index (χ0) is 26.1. The van der Waals surface area contributed by atoms with Crippen LogP contribution in [0.2, 0.25) is 5.02 Å². The Hall–Kier alpha value is -2.32. The number of piperidine rings is 1. The number of carbonyl (C=O) groups is 3. The summed E-state index contributed by atoms with van der Waals surface area (Å²) in [5.74, 6) is -0.771. The maximum absolute atomic E-state index is 13.6. The monoisotopic (exact) mass is 506 g/mol. The Kier molecular flexibility index (Phi) is 8.06. The fourth-order valence-electron chi connectivity index (χ4n) is 5.18. The average molecular weight is 507 g/mol. The molecule has 9 heteroatoms. The number of hydrogen-bond acceptors (Lipinski definition) is 4. The van der Waals surface area contributed by atoms with E-state index >= 15 is 0 Å². The Morgan fingerprint density at radius 3 is 2.29 bits per heavy atom. The highest BCUT2D eigenvalue weighted by Gasteiger charge is 2.50. The number of nitrogens with zero attached hydrogens (tertiary/aromatic N) is 3. The topological polar surface area (TPSA) is 93.2 Å². The van der Waals surface area contributed by atoms with E-state index in [4.69, 9.17) is 11.6 Å². The van der Waals surface area contributed by atoms with E-state index in [1.807, 2.05) is 39.8 Å². The highest BCUT2D eigenvalue weighted by molar-refractivity contribution is 6.30. The molecule has 3 rings (SSSR count). The number of benzene rings is 1. The molecule has 0 aromatic heterocycles. The van der Waals surface area contributed by atoms with E-state index in [1.165, 1.54) is 4.90 Å². The Balaban J connectivity index is 1.68. The van der Waals surface area contributed by atoms with Crippen LogP contribution in [0.25, 0.3) is 0 Å². The zero-order valence-corrected chi connectivity index (χ0v) is 22.4. The lowest BCUT2D eigenvalue weighted by Crippen LogP contribution is -2.60. The second-order valence-corrected chi connectivity index (χ2v) is 11.5. The van der Waals surface area contributed by atoms with Crippen LogP contribution in [0.4, 0.5) is 4.79 Å². The van der Waals surface area contributed by atoms with Crippen molar-refractivity contribution in [2.45, 2.75) is 52.2 Å². The SMILES string of the molecule is CC(C)[C@@H](NC(=O)[C@@H]1CCN(C(=O)N(C)C)C1)C(=O)N1CC[C@](O)(c2ccc(Cl)cc2)C(C)(C)C1. The van der Waals surface area contributed by atoms with Crippen molar-refractivity contribution in [3.8, 4) is 0 Å². The van der Waals surface area contributed by atoms with Crippen LogP contribution in [-0.2, 0) is 15.2 Å². The third-order valence-electron chi connectivity index (χ3n) is 7.53. The molecule has 0 radical (unpaired) electrons. The number of halogens is 1. The summed E-state index contributed by atoms with van der Waals surface area (Å²) in [5, 5.41) is 15.2. The van der Waals surface area contributed by atoms with Gasteiger partial charge in [-0.1, -0.05) is 51.4 Å². The second kappa shape index (κ2) is 10.3.